The van der Waals surface area contributed by atoms with Crippen molar-refractivity contribution in [1.29, 1.82) is 0 Å². The molecule has 0 N–H and O–H groups in total. The number of nitrogens with zero attached hydrogens (tertiary/aromatic N) is 1. The van der Waals surface area contributed by atoms with Crippen molar-refractivity contribution in [2.24, 2.45) is 0 Å². The van der Waals surface area contributed by atoms with Crippen LogP contribution in [0.4, 0.5) is 4.79 Å². The molecule has 5 heteroatoms. The first-order chi connectivity index (χ1) is 8.35. The second-order valence-corrected chi connectivity index (χ2v) is 5.11. The van der Waals surface area contributed by atoms with Crippen LogP contribution in [0.5, 0.6) is 0 Å². The largest absolute Gasteiger partial charge is 0.464 e. The highest BCUT2D eigenvalue weighted by Crippen LogP contribution is 2.17. The SMILES string of the molecule is CCOC(=O)C1CC=CCN1C(=O)OC(C)(C)C. The Morgan fingerprint density at radius 3 is 2.56 bits per heavy atom. The van der Waals surface area contributed by atoms with Gasteiger partial charge in [0.2, 0.25) is 0 Å². The normalized spacial score (nSPS) is 19.6. The first-order valence-electron chi connectivity index (χ1n) is 6.16. The second kappa shape index (κ2) is 5.89. The van der Waals surface area contributed by atoms with Gasteiger partial charge in [0.25, 0.3) is 0 Å². The Kier molecular flexibility index (Phi) is 4.76. The second-order valence-electron chi connectivity index (χ2n) is 5.11. The van der Waals surface area contributed by atoms with E-state index in [-0.39, 0.29) is 5.97 Å². The van der Waals surface area contributed by atoms with Crippen molar-refractivity contribution >= 4 is 12.1 Å². The van der Waals surface area contributed by atoms with Crippen molar-refractivity contribution in [2.75, 3.05) is 13.2 Å². The third-order valence-electron chi connectivity index (χ3n) is 2.39. The van der Waals surface area contributed by atoms with Crippen LogP contribution in [0.3, 0.4) is 0 Å². The Labute approximate surface area is 108 Å². The van der Waals surface area contributed by atoms with Crippen molar-refractivity contribution in [3.05, 3.63) is 12.2 Å². The van der Waals surface area contributed by atoms with E-state index in [0.29, 0.717) is 19.6 Å². The average Bonchev–Trinajstić information content (AvgIpc) is 2.27. The summed E-state index contributed by atoms with van der Waals surface area (Å²) in [5.74, 6) is -0.382. The average molecular weight is 255 g/mol. The third kappa shape index (κ3) is 4.05. The van der Waals surface area contributed by atoms with E-state index in [1.54, 1.807) is 27.7 Å². The molecule has 5 nitrogen and oxygen atoms in total. The summed E-state index contributed by atoms with van der Waals surface area (Å²) in [7, 11) is 0. The summed E-state index contributed by atoms with van der Waals surface area (Å²) in [4.78, 5) is 25.2. The zero-order valence-electron chi connectivity index (χ0n) is 11.4. The zero-order chi connectivity index (χ0) is 13.8. The van der Waals surface area contributed by atoms with Gasteiger partial charge in [-0.2, -0.15) is 0 Å². The maximum atomic E-state index is 12.0. The predicted molar refractivity (Wildman–Crippen MR) is 67.1 cm³/mol. The molecule has 0 aromatic rings. The van der Waals surface area contributed by atoms with Crippen LogP contribution >= 0.6 is 0 Å². The Morgan fingerprint density at radius 2 is 2.00 bits per heavy atom. The molecule has 0 saturated heterocycles. The smallest absolute Gasteiger partial charge is 0.411 e. The molecule has 0 aromatic carbocycles. The number of ether oxygens (including phenoxy) is 2. The van der Waals surface area contributed by atoms with E-state index in [1.165, 1.54) is 4.90 Å². The van der Waals surface area contributed by atoms with E-state index >= 15 is 0 Å². The summed E-state index contributed by atoms with van der Waals surface area (Å²) >= 11 is 0. The summed E-state index contributed by atoms with van der Waals surface area (Å²) < 4.78 is 10.3. The van der Waals surface area contributed by atoms with Crippen LogP contribution in [0.2, 0.25) is 0 Å². The monoisotopic (exact) mass is 255 g/mol. The van der Waals surface area contributed by atoms with Gasteiger partial charge in [-0.25, -0.2) is 9.59 Å². The van der Waals surface area contributed by atoms with E-state index in [2.05, 4.69) is 0 Å². The number of carbonyl (C=O) groups is 2. The van der Waals surface area contributed by atoms with E-state index in [1.807, 2.05) is 12.2 Å². The van der Waals surface area contributed by atoms with Crippen molar-refractivity contribution in [2.45, 2.75) is 45.8 Å². The van der Waals surface area contributed by atoms with Crippen LogP contribution in [-0.4, -0.2) is 41.8 Å². The van der Waals surface area contributed by atoms with Crippen molar-refractivity contribution in [1.82, 2.24) is 4.90 Å². The molecule has 1 atom stereocenters. The molecule has 18 heavy (non-hydrogen) atoms. The van der Waals surface area contributed by atoms with E-state index in [9.17, 15) is 9.59 Å². The van der Waals surface area contributed by atoms with Gasteiger partial charge in [-0.15, -0.1) is 0 Å². The standard InChI is InChI=1S/C13H21NO4/c1-5-17-11(15)10-8-6-7-9-14(10)12(16)18-13(2,3)4/h6-7,10H,5,8-9H2,1-4H3. The van der Waals surface area contributed by atoms with Crippen LogP contribution in [0.15, 0.2) is 12.2 Å². The minimum absolute atomic E-state index is 0.307. The lowest BCUT2D eigenvalue weighted by atomic mass is 10.1. The molecule has 0 fully saturated rings. The number of hydrogen-bond donors (Lipinski definition) is 0. The van der Waals surface area contributed by atoms with Gasteiger partial charge in [-0.05, 0) is 34.1 Å². The summed E-state index contributed by atoms with van der Waals surface area (Å²) in [6, 6.07) is -0.579. The number of hydrogen-bond acceptors (Lipinski definition) is 4. The maximum Gasteiger partial charge on any atom is 0.411 e. The van der Waals surface area contributed by atoms with E-state index < -0.39 is 17.7 Å². The van der Waals surface area contributed by atoms with Gasteiger partial charge in [0.05, 0.1) is 6.61 Å². The fourth-order valence-corrected chi connectivity index (χ4v) is 1.65. The molecule has 0 spiro atoms. The van der Waals surface area contributed by atoms with Crippen molar-refractivity contribution in [3.8, 4) is 0 Å². The van der Waals surface area contributed by atoms with Gasteiger partial charge >= 0.3 is 12.1 Å². The van der Waals surface area contributed by atoms with Crippen molar-refractivity contribution < 1.29 is 19.1 Å². The predicted octanol–water partition coefficient (Wildman–Crippen LogP) is 2.12. The summed E-state index contributed by atoms with van der Waals surface area (Å²) in [5.41, 5.74) is -0.572. The molecule has 0 aromatic heterocycles. The zero-order valence-corrected chi connectivity index (χ0v) is 11.4. The molecule has 0 bridgehead atoms. The highest BCUT2D eigenvalue weighted by Gasteiger charge is 2.33. The van der Waals surface area contributed by atoms with E-state index in [0.717, 1.165) is 0 Å². The highest BCUT2D eigenvalue weighted by atomic mass is 16.6. The number of carbonyl (C=O) groups excluding carboxylic acids is 2. The Balaban J connectivity index is 2.74. The topological polar surface area (TPSA) is 55.8 Å². The summed E-state index contributed by atoms with van der Waals surface area (Å²) in [6.45, 7) is 7.81. The molecule has 1 aliphatic heterocycles. The molecule has 1 unspecified atom stereocenters. The highest BCUT2D eigenvalue weighted by molar-refractivity contribution is 5.82. The van der Waals surface area contributed by atoms with Crippen molar-refractivity contribution in [3.63, 3.8) is 0 Å². The molecule has 1 amide bonds. The van der Waals surface area contributed by atoms with Crippen LogP contribution in [0.1, 0.15) is 34.1 Å². The molecular formula is C13H21NO4. The minimum atomic E-state index is -0.579. The maximum absolute atomic E-state index is 12.0. The first kappa shape index (κ1) is 14.5. The quantitative estimate of drug-likeness (QED) is 0.560. The molecule has 1 aliphatic rings. The number of esters is 1. The lowest BCUT2D eigenvalue weighted by Crippen LogP contribution is -2.49. The number of amides is 1. The lowest BCUT2D eigenvalue weighted by molar-refractivity contribution is -0.149. The summed E-state index contributed by atoms with van der Waals surface area (Å²) in [6.07, 6.45) is 3.71. The molecule has 0 radical (unpaired) electrons. The van der Waals surface area contributed by atoms with Gasteiger partial charge < -0.3 is 9.47 Å². The number of rotatable bonds is 2. The van der Waals surface area contributed by atoms with Crippen LogP contribution in [0.25, 0.3) is 0 Å². The Morgan fingerprint density at radius 1 is 1.33 bits per heavy atom. The fraction of sp³-hybridized carbons (Fsp3) is 0.692. The molecule has 0 saturated carbocycles. The lowest BCUT2D eigenvalue weighted by Gasteiger charge is -2.32. The minimum Gasteiger partial charge on any atom is -0.464 e. The van der Waals surface area contributed by atoms with Crippen LogP contribution < -0.4 is 0 Å². The molecule has 1 heterocycles. The van der Waals surface area contributed by atoms with Gasteiger partial charge in [0, 0.05) is 6.54 Å². The van der Waals surface area contributed by atoms with Crippen LogP contribution in [-0.2, 0) is 14.3 Å². The summed E-state index contributed by atoms with van der Waals surface area (Å²) in [5, 5.41) is 0. The molecular weight excluding hydrogens is 234 g/mol. The Hall–Kier alpha value is -1.52. The Bertz CT molecular complexity index is 343. The van der Waals surface area contributed by atoms with Crippen LogP contribution in [0, 0.1) is 0 Å². The molecule has 1 rings (SSSR count). The molecule has 102 valence electrons. The third-order valence-corrected chi connectivity index (χ3v) is 2.39. The molecule has 0 aliphatic carbocycles. The first-order valence-corrected chi connectivity index (χ1v) is 6.16. The fourth-order valence-electron chi connectivity index (χ4n) is 1.65. The van der Waals surface area contributed by atoms with Gasteiger partial charge in [-0.1, -0.05) is 12.2 Å². The van der Waals surface area contributed by atoms with E-state index in [4.69, 9.17) is 9.47 Å². The van der Waals surface area contributed by atoms with Gasteiger partial charge in [0.1, 0.15) is 11.6 Å². The van der Waals surface area contributed by atoms with Gasteiger partial charge in [0.15, 0.2) is 0 Å². The van der Waals surface area contributed by atoms with Gasteiger partial charge in [-0.3, -0.25) is 4.90 Å².